The number of nitro groups is 1. The maximum atomic E-state index is 10.9. The van der Waals surface area contributed by atoms with Gasteiger partial charge in [0.2, 0.25) is 0 Å². The highest BCUT2D eigenvalue weighted by atomic mass is 16.6. The van der Waals surface area contributed by atoms with Gasteiger partial charge < -0.3 is 4.74 Å². The molecule has 0 fully saturated rings. The average molecular weight is 237 g/mol. The van der Waals surface area contributed by atoms with E-state index in [1.54, 1.807) is 26.8 Å². The molecule has 0 heterocycles. The number of esters is 1. The maximum absolute atomic E-state index is 10.9. The fourth-order valence-corrected chi connectivity index (χ4v) is 1.61. The van der Waals surface area contributed by atoms with Crippen LogP contribution in [0.15, 0.2) is 12.1 Å². The normalized spacial score (nSPS) is 12.0. The number of nitro benzene ring substituents is 1. The third kappa shape index (κ3) is 3.03. The molecule has 17 heavy (non-hydrogen) atoms. The van der Waals surface area contributed by atoms with Crippen LogP contribution in [0.3, 0.4) is 0 Å². The summed E-state index contributed by atoms with van der Waals surface area (Å²) in [5, 5.41) is 10.9. The second-order valence-corrected chi connectivity index (χ2v) is 3.99. The molecule has 1 aromatic rings. The number of ether oxygens (including phenoxy) is 1. The zero-order valence-corrected chi connectivity index (χ0v) is 10.3. The SMILES string of the molecule is CC(=O)OC(C)c1cc(C)c(C)c([N+](=O)[O-])c1. The van der Waals surface area contributed by atoms with E-state index in [9.17, 15) is 14.9 Å². The maximum Gasteiger partial charge on any atom is 0.303 e. The quantitative estimate of drug-likeness (QED) is 0.460. The Morgan fingerprint density at radius 2 is 2.00 bits per heavy atom. The van der Waals surface area contributed by atoms with Crippen molar-refractivity contribution in [3.63, 3.8) is 0 Å². The van der Waals surface area contributed by atoms with Crippen molar-refractivity contribution in [3.8, 4) is 0 Å². The number of benzene rings is 1. The van der Waals surface area contributed by atoms with E-state index in [2.05, 4.69) is 0 Å². The monoisotopic (exact) mass is 237 g/mol. The number of nitrogens with zero attached hydrogens (tertiary/aromatic N) is 1. The Kier molecular flexibility index (Phi) is 3.83. The van der Waals surface area contributed by atoms with E-state index in [1.165, 1.54) is 13.0 Å². The van der Waals surface area contributed by atoms with Crippen LogP contribution in [0.25, 0.3) is 0 Å². The van der Waals surface area contributed by atoms with Crippen molar-refractivity contribution in [2.75, 3.05) is 0 Å². The van der Waals surface area contributed by atoms with E-state index in [0.717, 1.165) is 5.56 Å². The van der Waals surface area contributed by atoms with Crippen LogP contribution in [0.4, 0.5) is 5.69 Å². The molecule has 0 spiro atoms. The van der Waals surface area contributed by atoms with Gasteiger partial charge in [-0.25, -0.2) is 0 Å². The summed E-state index contributed by atoms with van der Waals surface area (Å²) in [5.41, 5.74) is 2.14. The number of rotatable bonds is 3. The van der Waals surface area contributed by atoms with Crippen LogP contribution in [0, 0.1) is 24.0 Å². The van der Waals surface area contributed by atoms with Gasteiger partial charge in [-0.1, -0.05) is 6.07 Å². The van der Waals surface area contributed by atoms with Crippen LogP contribution in [0.2, 0.25) is 0 Å². The Bertz CT molecular complexity index is 468. The van der Waals surface area contributed by atoms with Gasteiger partial charge in [0.25, 0.3) is 5.69 Å². The lowest BCUT2D eigenvalue weighted by Crippen LogP contribution is -2.06. The molecule has 5 heteroatoms. The lowest BCUT2D eigenvalue weighted by molar-refractivity contribution is -0.385. The summed E-state index contributed by atoms with van der Waals surface area (Å²) < 4.78 is 5.00. The Balaban J connectivity index is 3.18. The number of carbonyl (C=O) groups is 1. The van der Waals surface area contributed by atoms with E-state index in [1.807, 2.05) is 0 Å². The van der Waals surface area contributed by atoms with E-state index >= 15 is 0 Å². The summed E-state index contributed by atoms with van der Waals surface area (Å²) >= 11 is 0. The second-order valence-electron chi connectivity index (χ2n) is 3.99. The Hall–Kier alpha value is -1.91. The van der Waals surface area contributed by atoms with Crippen LogP contribution in [0.5, 0.6) is 0 Å². The molecule has 0 bridgehead atoms. The Labute approximate surface area is 99.5 Å². The number of aryl methyl sites for hydroxylation is 1. The first-order valence-corrected chi connectivity index (χ1v) is 5.25. The molecule has 0 N–H and O–H groups in total. The van der Waals surface area contributed by atoms with Gasteiger partial charge in [0.15, 0.2) is 0 Å². The molecule has 0 radical (unpaired) electrons. The van der Waals surface area contributed by atoms with Gasteiger partial charge in [0.1, 0.15) is 6.10 Å². The van der Waals surface area contributed by atoms with Crippen LogP contribution in [0.1, 0.15) is 36.6 Å². The van der Waals surface area contributed by atoms with Crippen LogP contribution in [-0.4, -0.2) is 10.9 Å². The fraction of sp³-hybridized carbons (Fsp3) is 0.417. The molecule has 1 rings (SSSR count). The zero-order valence-electron chi connectivity index (χ0n) is 10.3. The first-order chi connectivity index (χ1) is 7.82. The van der Waals surface area contributed by atoms with Crippen molar-refractivity contribution >= 4 is 11.7 Å². The smallest absolute Gasteiger partial charge is 0.303 e. The standard InChI is InChI=1S/C12H15NO4/c1-7-5-11(9(3)17-10(4)14)6-12(8(7)2)13(15)16/h5-6,9H,1-4H3. The van der Waals surface area contributed by atoms with Crippen LogP contribution < -0.4 is 0 Å². The molecule has 5 nitrogen and oxygen atoms in total. The van der Waals surface area contributed by atoms with Crippen LogP contribution in [-0.2, 0) is 9.53 Å². The third-order valence-corrected chi connectivity index (χ3v) is 2.67. The molecule has 92 valence electrons. The van der Waals surface area contributed by atoms with E-state index in [0.29, 0.717) is 11.1 Å². The van der Waals surface area contributed by atoms with Gasteiger partial charge in [-0.05, 0) is 31.9 Å². The van der Waals surface area contributed by atoms with Crippen molar-refractivity contribution in [1.82, 2.24) is 0 Å². The van der Waals surface area contributed by atoms with E-state index < -0.39 is 17.0 Å². The highest BCUT2D eigenvalue weighted by Gasteiger charge is 2.18. The van der Waals surface area contributed by atoms with Crippen molar-refractivity contribution in [2.24, 2.45) is 0 Å². The summed E-state index contributed by atoms with van der Waals surface area (Å²) in [4.78, 5) is 21.3. The van der Waals surface area contributed by atoms with Gasteiger partial charge in [-0.3, -0.25) is 14.9 Å². The van der Waals surface area contributed by atoms with Gasteiger partial charge in [0.05, 0.1) is 4.92 Å². The zero-order chi connectivity index (χ0) is 13.2. The molecule has 1 aromatic carbocycles. The molecule has 0 aromatic heterocycles. The fourth-order valence-electron chi connectivity index (χ4n) is 1.61. The van der Waals surface area contributed by atoms with Gasteiger partial charge in [-0.2, -0.15) is 0 Å². The molecule has 0 saturated heterocycles. The first kappa shape index (κ1) is 13.2. The predicted octanol–water partition coefficient (Wildman–Crippen LogP) is 2.84. The summed E-state index contributed by atoms with van der Waals surface area (Å²) in [6, 6.07) is 3.26. The minimum absolute atomic E-state index is 0.0546. The summed E-state index contributed by atoms with van der Waals surface area (Å²) in [6.45, 7) is 6.50. The molecule has 0 saturated carbocycles. The minimum Gasteiger partial charge on any atom is -0.458 e. The molecule has 1 unspecified atom stereocenters. The highest BCUT2D eigenvalue weighted by molar-refractivity contribution is 5.66. The van der Waals surface area contributed by atoms with Crippen LogP contribution >= 0.6 is 0 Å². The van der Waals surface area contributed by atoms with Crippen molar-refractivity contribution < 1.29 is 14.5 Å². The van der Waals surface area contributed by atoms with E-state index in [-0.39, 0.29) is 5.69 Å². The highest BCUT2D eigenvalue weighted by Crippen LogP contribution is 2.27. The van der Waals surface area contributed by atoms with Crippen molar-refractivity contribution in [3.05, 3.63) is 38.9 Å². The molecule has 1 atom stereocenters. The lowest BCUT2D eigenvalue weighted by atomic mass is 10.0. The number of hydrogen-bond acceptors (Lipinski definition) is 4. The number of hydrogen-bond donors (Lipinski definition) is 0. The summed E-state index contributed by atoms with van der Waals surface area (Å²) in [5.74, 6) is -0.404. The average Bonchev–Trinajstić information content (AvgIpc) is 2.20. The third-order valence-electron chi connectivity index (χ3n) is 2.67. The van der Waals surface area contributed by atoms with E-state index in [4.69, 9.17) is 4.74 Å². The molecule has 0 aliphatic carbocycles. The molecular formula is C12H15NO4. The lowest BCUT2D eigenvalue weighted by Gasteiger charge is -2.13. The largest absolute Gasteiger partial charge is 0.458 e. The van der Waals surface area contributed by atoms with Crippen molar-refractivity contribution in [2.45, 2.75) is 33.8 Å². The Morgan fingerprint density at radius 1 is 1.41 bits per heavy atom. The van der Waals surface area contributed by atoms with Gasteiger partial charge >= 0.3 is 5.97 Å². The Morgan fingerprint density at radius 3 is 2.47 bits per heavy atom. The molecular weight excluding hydrogens is 222 g/mol. The second kappa shape index (κ2) is 4.95. The van der Waals surface area contributed by atoms with Crippen molar-refractivity contribution in [1.29, 1.82) is 0 Å². The van der Waals surface area contributed by atoms with Gasteiger partial charge in [0, 0.05) is 18.6 Å². The molecule has 0 amide bonds. The summed E-state index contributed by atoms with van der Waals surface area (Å²) in [6.07, 6.45) is -0.481. The summed E-state index contributed by atoms with van der Waals surface area (Å²) in [7, 11) is 0. The predicted molar refractivity (Wildman–Crippen MR) is 62.8 cm³/mol. The first-order valence-electron chi connectivity index (χ1n) is 5.25. The molecule has 0 aliphatic rings. The molecule has 0 aliphatic heterocycles. The number of carbonyl (C=O) groups excluding carboxylic acids is 1. The topological polar surface area (TPSA) is 69.4 Å². The minimum atomic E-state index is -0.481. The van der Waals surface area contributed by atoms with Gasteiger partial charge in [-0.15, -0.1) is 0 Å².